The molecule has 4 aromatic rings. The van der Waals surface area contributed by atoms with E-state index in [-0.39, 0.29) is 12.1 Å². The Morgan fingerprint density at radius 3 is 2.70 bits per heavy atom. The Kier molecular flexibility index (Phi) is 7.09. The van der Waals surface area contributed by atoms with Crippen LogP contribution in [0, 0.1) is 0 Å². The zero-order valence-corrected chi connectivity index (χ0v) is 18.8. The van der Waals surface area contributed by atoms with E-state index in [0.717, 1.165) is 30.6 Å². The van der Waals surface area contributed by atoms with E-state index in [9.17, 15) is 4.79 Å². The van der Waals surface area contributed by atoms with Gasteiger partial charge < -0.3 is 10.1 Å². The van der Waals surface area contributed by atoms with Crippen LogP contribution in [0.25, 0.3) is 22.4 Å². The predicted molar refractivity (Wildman–Crippen MR) is 130 cm³/mol. The van der Waals surface area contributed by atoms with Crippen molar-refractivity contribution in [1.29, 1.82) is 0 Å². The number of rotatable bonds is 8. The first-order valence-corrected chi connectivity index (χ1v) is 11.0. The van der Waals surface area contributed by atoms with Crippen LogP contribution in [0.3, 0.4) is 0 Å². The first kappa shape index (κ1) is 22.2. The van der Waals surface area contributed by atoms with Gasteiger partial charge in [-0.2, -0.15) is 0 Å². The number of aromatic nitrogens is 3. The van der Waals surface area contributed by atoms with Crippen LogP contribution in [0.1, 0.15) is 25.3 Å². The fraction of sp³-hybridized carbons (Fsp3) is 0.231. The fourth-order valence-electron chi connectivity index (χ4n) is 3.59. The quantitative estimate of drug-likeness (QED) is 0.391. The minimum atomic E-state index is -0.286. The maximum Gasteiger partial charge on any atom is 0.320 e. The summed E-state index contributed by atoms with van der Waals surface area (Å²) in [6, 6.07) is 21.2. The number of benzene rings is 2. The van der Waals surface area contributed by atoms with E-state index in [4.69, 9.17) is 4.74 Å². The average Bonchev–Trinajstić information content (AvgIpc) is 2.84. The SMILES string of the molecule is COc1cccc(-c2cnc3ccc(NC(=O)NC(C)CCCc4ccccc4)nc3n2)c1. The molecule has 1 atom stereocenters. The van der Waals surface area contributed by atoms with Gasteiger partial charge in [-0.3, -0.25) is 10.3 Å². The third kappa shape index (κ3) is 6.04. The van der Waals surface area contributed by atoms with Gasteiger partial charge in [0.2, 0.25) is 0 Å². The van der Waals surface area contributed by atoms with Crippen LogP contribution >= 0.6 is 0 Å². The van der Waals surface area contributed by atoms with Crippen molar-refractivity contribution in [3.63, 3.8) is 0 Å². The third-order valence-corrected chi connectivity index (χ3v) is 5.34. The number of fused-ring (bicyclic) bond motifs is 1. The Balaban J connectivity index is 1.36. The number of amides is 2. The first-order valence-electron chi connectivity index (χ1n) is 11.0. The molecule has 2 N–H and O–H groups in total. The van der Waals surface area contributed by atoms with Crippen molar-refractivity contribution in [2.24, 2.45) is 0 Å². The van der Waals surface area contributed by atoms with Crippen LogP contribution in [0.2, 0.25) is 0 Å². The zero-order valence-electron chi connectivity index (χ0n) is 18.8. The molecule has 2 heterocycles. The average molecular weight is 442 g/mol. The number of ether oxygens (including phenoxy) is 1. The Hall–Kier alpha value is -4.00. The summed E-state index contributed by atoms with van der Waals surface area (Å²) in [5.41, 5.74) is 3.99. The van der Waals surface area contributed by atoms with E-state index < -0.39 is 0 Å². The van der Waals surface area contributed by atoms with E-state index in [0.29, 0.717) is 22.7 Å². The maximum absolute atomic E-state index is 12.4. The summed E-state index contributed by atoms with van der Waals surface area (Å²) in [5, 5.41) is 5.77. The monoisotopic (exact) mass is 441 g/mol. The molecule has 0 saturated heterocycles. The second-order valence-electron chi connectivity index (χ2n) is 7.90. The highest BCUT2D eigenvalue weighted by atomic mass is 16.5. The molecule has 2 aromatic heterocycles. The number of nitrogens with zero attached hydrogens (tertiary/aromatic N) is 3. The van der Waals surface area contributed by atoms with E-state index >= 15 is 0 Å². The van der Waals surface area contributed by atoms with Crippen molar-refractivity contribution in [2.75, 3.05) is 12.4 Å². The molecule has 33 heavy (non-hydrogen) atoms. The number of urea groups is 1. The van der Waals surface area contributed by atoms with Crippen molar-refractivity contribution in [3.8, 4) is 17.0 Å². The second kappa shape index (κ2) is 10.5. The van der Waals surface area contributed by atoms with E-state index in [1.165, 1.54) is 5.56 Å². The molecule has 168 valence electrons. The summed E-state index contributed by atoms with van der Waals surface area (Å²) in [4.78, 5) is 26.0. The Morgan fingerprint density at radius 1 is 1.03 bits per heavy atom. The number of anilines is 1. The molecule has 0 aliphatic carbocycles. The lowest BCUT2D eigenvalue weighted by Gasteiger charge is -2.14. The van der Waals surface area contributed by atoms with Crippen molar-refractivity contribution in [3.05, 3.63) is 78.5 Å². The van der Waals surface area contributed by atoms with Gasteiger partial charge in [-0.1, -0.05) is 42.5 Å². The standard InChI is InChI=1S/C26H27N5O2/c1-18(8-6-11-19-9-4-3-5-10-19)28-26(32)31-24-15-14-22-25(30-24)29-23(17-27-22)20-12-7-13-21(16-20)33-2/h3-5,7,9-10,12-18H,6,8,11H2,1-2H3,(H2,28,29,30,31,32). The van der Waals surface area contributed by atoms with Gasteiger partial charge in [-0.15, -0.1) is 0 Å². The third-order valence-electron chi connectivity index (χ3n) is 5.34. The predicted octanol–water partition coefficient (Wildman–Crippen LogP) is 5.23. The molecule has 2 amide bonds. The largest absolute Gasteiger partial charge is 0.497 e. The van der Waals surface area contributed by atoms with Gasteiger partial charge in [0.1, 0.15) is 17.1 Å². The number of carbonyl (C=O) groups excluding carboxylic acids is 1. The first-order chi connectivity index (χ1) is 16.1. The van der Waals surface area contributed by atoms with Gasteiger partial charge in [0.05, 0.1) is 19.0 Å². The molecule has 1 unspecified atom stereocenters. The van der Waals surface area contributed by atoms with Crippen molar-refractivity contribution in [1.82, 2.24) is 20.3 Å². The molecule has 0 spiro atoms. The molecular weight excluding hydrogens is 414 g/mol. The van der Waals surface area contributed by atoms with Crippen molar-refractivity contribution in [2.45, 2.75) is 32.2 Å². The zero-order chi connectivity index (χ0) is 23.0. The minimum Gasteiger partial charge on any atom is -0.497 e. The molecule has 0 fully saturated rings. The minimum absolute atomic E-state index is 0.0497. The lowest BCUT2D eigenvalue weighted by molar-refractivity contribution is 0.248. The number of carbonyl (C=O) groups is 1. The Labute approximate surface area is 193 Å². The van der Waals surface area contributed by atoms with Gasteiger partial charge in [0.15, 0.2) is 5.65 Å². The highest BCUT2D eigenvalue weighted by Gasteiger charge is 2.10. The van der Waals surface area contributed by atoms with Crippen molar-refractivity contribution >= 4 is 23.0 Å². The Morgan fingerprint density at radius 2 is 1.88 bits per heavy atom. The van der Waals surface area contributed by atoms with Crippen LogP contribution in [-0.4, -0.2) is 34.1 Å². The highest BCUT2D eigenvalue weighted by molar-refractivity contribution is 5.89. The van der Waals surface area contributed by atoms with Gasteiger partial charge >= 0.3 is 6.03 Å². The smallest absolute Gasteiger partial charge is 0.320 e. The van der Waals surface area contributed by atoms with Gasteiger partial charge in [0, 0.05) is 11.6 Å². The summed E-state index contributed by atoms with van der Waals surface area (Å²) < 4.78 is 5.29. The molecule has 0 aliphatic rings. The maximum atomic E-state index is 12.4. The fourth-order valence-corrected chi connectivity index (χ4v) is 3.59. The molecule has 0 aliphatic heterocycles. The van der Waals surface area contributed by atoms with Crippen LogP contribution in [0.4, 0.5) is 10.6 Å². The summed E-state index contributed by atoms with van der Waals surface area (Å²) in [7, 11) is 1.62. The molecule has 0 radical (unpaired) electrons. The van der Waals surface area contributed by atoms with Gasteiger partial charge in [-0.05, 0) is 56.0 Å². The summed E-state index contributed by atoms with van der Waals surface area (Å²) in [6.07, 6.45) is 4.59. The van der Waals surface area contributed by atoms with E-state index in [2.05, 4.69) is 37.7 Å². The number of hydrogen-bond donors (Lipinski definition) is 2. The second-order valence-corrected chi connectivity index (χ2v) is 7.90. The number of pyridine rings is 1. The van der Waals surface area contributed by atoms with Gasteiger partial charge in [-0.25, -0.2) is 14.8 Å². The Bertz CT molecular complexity index is 1230. The van der Waals surface area contributed by atoms with Crippen LogP contribution in [0.15, 0.2) is 72.9 Å². The van der Waals surface area contributed by atoms with E-state index in [1.54, 1.807) is 25.4 Å². The lowest BCUT2D eigenvalue weighted by Crippen LogP contribution is -2.36. The van der Waals surface area contributed by atoms with Gasteiger partial charge in [0.25, 0.3) is 0 Å². The molecule has 2 aromatic carbocycles. The van der Waals surface area contributed by atoms with Crippen molar-refractivity contribution < 1.29 is 9.53 Å². The number of hydrogen-bond acceptors (Lipinski definition) is 5. The number of aryl methyl sites for hydroxylation is 1. The van der Waals surface area contributed by atoms with Crippen LogP contribution in [-0.2, 0) is 6.42 Å². The topological polar surface area (TPSA) is 89.0 Å². The molecule has 7 heteroatoms. The molecular formula is C26H27N5O2. The summed E-state index contributed by atoms with van der Waals surface area (Å²) in [5.74, 6) is 1.17. The van der Waals surface area contributed by atoms with E-state index in [1.807, 2.05) is 49.4 Å². The molecule has 7 nitrogen and oxygen atoms in total. The molecule has 4 rings (SSSR count). The number of methoxy groups -OCH3 is 1. The number of nitrogens with one attached hydrogen (secondary N) is 2. The van der Waals surface area contributed by atoms with Crippen LogP contribution < -0.4 is 15.4 Å². The normalized spacial score (nSPS) is 11.7. The summed E-state index contributed by atoms with van der Waals surface area (Å²) in [6.45, 7) is 2.00. The molecule has 0 saturated carbocycles. The summed E-state index contributed by atoms with van der Waals surface area (Å²) >= 11 is 0. The lowest BCUT2D eigenvalue weighted by atomic mass is 10.1. The molecule has 0 bridgehead atoms. The van der Waals surface area contributed by atoms with Crippen LogP contribution in [0.5, 0.6) is 5.75 Å². The highest BCUT2D eigenvalue weighted by Crippen LogP contribution is 2.23.